The fourth-order valence-corrected chi connectivity index (χ4v) is 0.947. The van der Waals surface area contributed by atoms with Crippen molar-refractivity contribution in [1.82, 2.24) is 0 Å². The molecule has 0 aliphatic rings. The molecule has 0 saturated heterocycles. The summed E-state index contributed by atoms with van der Waals surface area (Å²) in [4.78, 5) is 3.12. The molecule has 0 saturated carbocycles. The van der Waals surface area contributed by atoms with Crippen LogP contribution in [0.25, 0.3) is 0 Å². The standard InChI is InChI=1S/C7H9NS/c9-6-4-7-3-1-2-5-8-7/h1-3,5,9H,4,6H2/p+1. The Bertz CT molecular complexity index is 162. The molecule has 0 amide bonds. The summed E-state index contributed by atoms with van der Waals surface area (Å²) in [5.74, 6) is 0.903. The number of pyridine rings is 1. The molecule has 0 aliphatic carbocycles. The SMILES string of the molecule is SCCc1cccc[nH+]1. The first-order chi connectivity index (χ1) is 4.43. The molecular formula is C7H10NS+. The van der Waals surface area contributed by atoms with Crippen LogP contribution in [0.4, 0.5) is 0 Å². The van der Waals surface area contributed by atoms with Crippen LogP contribution < -0.4 is 4.98 Å². The van der Waals surface area contributed by atoms with Crippen LogP contribution in [0.15, 0.2) is 24.4 Å². The van der Waals surface area contributed by atoms with Crippen molar-refractivity contribution in [3.8, 4) is 0 Å². The van der Waals surface area contributed by atoms with E-state index in [0.29, 0.717) is 0 Å². The van der Waals surface area contributed by atoms with Gasteiger partial charge in [0.05, 0.1) is 0 Å². The van der Waals surface area contributed by atoms with Crippen molar-refractivity contribution >= 4 is 12.6 Å². The van der Waals surface area contributed by atoms with Crippen LogP contribution in [-0.2, 0) is 6.42 Å². The van der Waals surface area contributed by atoms with Crippen molar-refractivity contribution < 1.29 is 4.98 Å². The normalized spacial score (nSPS) is 9.44. The lowest BCUT2D eigenvalue weighted by Crippen LogP contribution is -2.09. The van der Waals surface area contributed by atoms with E-state index in [1.54, 1.807) is 0 Å². The van der Waals surface area contributed by atoms with Crippen LogP contribution in [-0.4, -0.2) is 5.75 Å². The van der Waals surface area contributed by atoms with Crippen molar-refractivity contribution in [1.29, 1.82) is 0 Å². The van der Waals surface area contributed by atoms with Gasteiger partial charge in [-0.05, 0) is 0 Å². The molecule has 0 spiro atoms. The van der Waals surface area contributed by atoms with E-state index in [0.717, 1.165) is 12.2 Å². The molecule has 1 rings (SSSR count). The van der Waals surface area contributed by atoms with Gasteiger partial charge in [0, 0.05) is 24.3 Å². The lowest BCUT2D eigenvalue weighted by Gasteiger charge is -1.85. The smallest absolute Gasteiger partial charge is 0.180 e. The molecule has 1 N–H and O–H groups in total. The first-order valence-corrected chi connectivity index (χ1v) is 3.63. The molecule has 1 aromatic heterocycles. The van der Waals surface area contributed by atoms with E-state index >= 15 is 0 Å². The minimum Gasteiger partial charge on any atom is -0.215 e. The first-order valence-electron chi connectivity index (χ1n) is 3.00. The van der Waals surface area contributed by atoms with E-state index in [4.69, 9.17) is 0 Å². The summed E-state index contributed by atoms with van der Waals surface area (Å²) in [5.41, 5.74) is 1.24. The lowest BCUT2D eigenvalue weighted by atomic mass is 10.3. The van der Waals surface area contributed by atoms with Crippen molar-refractivity contribution in [2.24, 2.45) is 0 Å². The number of H-pyrrole nitrogens is 1. The highest BCUT2D eigenvalue weighted by atomic mass is 32.1. The minimum atomic E-state index is 0.903. The monoisotopic (exact) mass is 140 g/mol. The third-order valence-electron chi connectivity index (χ3n) is 1.15. The van der Waals surface area contributed by atoms with Gasteiger partial charge in [0.1, 0.15) is 0 Å². The highest BCUT2D eigenvalue weighted by Gasteiger charge is 1.93. The van der Waals surface area contributed by atoms with Gasteiger partial charge in [0.25, 0.3) is 0 Å². The molecule has 0 unspecified atom stereocenters. The molecule has 0 bridgehead atoms. The number of thiol groups is 1. The van der Waals surface area contributed by atoms with Gasteiger partial charge in [-0.15, -0.1) is 0 Å². The van der Waals surface area contributed by atoms with Crippen LogP contribution in [0.3, 0.4) is 0 Å². The summed E-state index contributed by atoms with van der Waals surface area (Å²) in [5, 5.41) is 0. The van der Waals surface area contributed by atoms with Gasteiger partial charge in [-0.3, -0.25) is 0 Å². The highest BCUT2D eigenvalue weighted by molar-refractivity contribution is 7.80. The van der Waals surface area contributed by atoms with E-state index in [2.05, 4.69) is 23.7 Å². The predicted octanol–water partition coefficient (Wildman–Crippen LogP) is 0.973. The first kappa shape index (κ1) is 6.62. The number of aryl methyl sites for hydroxylation is 1. The summed E-state index contributed by atoms with van der Waals surface area (Å²) in [6, 6.07) is 6.06. The summed E-state index contributed by atoms with van der Waals surface area (Å²) in [6.45, 7) is 0. The molecule has 48 valence electrons. The molecule has 0 radical (unpaired) electrons. The van der Waals surface area contributed by atoms with E-state index in [1.165, 1.54) is 5.69 Å². The minimum absolute atomic E-state index is 0.903. The molecule has 9 heavy (non-hydrogen) atoms. The summed E-state index contributed by atoms with van der Waals surface area (Å²) in [6.07, 6.45) is 2.95. The number of hydrogen-bond donors (Lipinski definition) is 1. The Hall–Kier alpha value is -0.500. The Morgan fingerprint density at radius 2 is 2.33 bits per heavy atom. The number of aromatic amines is 1. The zero-order chi connectivity index (χ0) is 6.53. The third-order valence-corrected chi connectivity index (χ3v) is 1.38. The molecule has 0 aliphatic heterocycles. The third kappa shape index (κ3) is 2.06. The zero-order valence-electron chi connectivity index (χ0n) is 5.17. The van der Waals surface area contributed by atoms with Gasteiger partial charge < -0.3 is 0 Å². The second-order valence-corrected chi connectivity index (χ2v) is 2.31. The molecule has 0 aromatic carbocycles. The number of hydrogen-bond acceptors (Lipinski definition) is 1. The second-order valence-electron chi connectivity index (χ2n) is 1.86. The van der Waals surface area contributed by atoms with Gasteiger partial charge in [0.15, 0.2) is 11.9 Å². The fraction of sp³-hybridized carbons (Fsp3) is 0.286. The van der Waals surface area contributed by atoms with Crippen molar-refractivity contribution in [2.45, 2.75) is 6.42 Å². The van der Waals surface area contributed by atoms with Crippen LogP contribution in [0.5, 0.6) is 0 Å². The highest BCUT2D eigenvalue weighted by Crippen LogP contribution is 1.90. The van der Waals surface area contributed by atoms with Gasteiger partial charge >= 0.3 is 0 Å². The van der Waals surface area contributed by atoms with Gasteiger partial charge in [0.2, 0.25) is 0 Å². The Morgan fingerprint density at radius 1 is 1.44 bits per heavy atom. The van der Waals surface area contributed by atoms with Gasteiger partial charge in [-0.25, -0.2) is 4.98 Å². The van der Waals surface area contributed by atoms with Crippen LogP contribution in [0.1, 0.15) is 5.69 Å². The van der Waals surface area contributed by atoms with E-state index < -0.39 is 0 Å². The van der Waals surface area contributed by atoms with Crippen molar-refractivity contribution in [3.05, 3.63) is 30.1 Å². The lowest BCUT2D eigenvalue weighted by molar-refractivity contribution is -0.389. The summed E-state index contributed by atoms with van der Waals surface area (Å²) >= 11 is 4.11. The maximum absolute atomic E-state index is 4.11. The summed E-state index contributed by atoms with van der Waals surface area (Å²) < 4.78 is 0. The topological polar surface area (TPSA) is 14.1 Å². The molecule has 1 nitrogen and oxygen atoms in total. The Morgan fingerprint density at radius 3 is 2.89 bits per heavy atom. The van der Waals surface area contributed by atoms with Crippen LogP contribution >= 0.6 is 12.6 Å². The van der Waals surface area contributed by atoms with Crippen molar-refractivity contribution in [2.75, 3.05) is 5.75 Å². The van der Waals surface area contributed by atoms with Gasteiger partial charge in [-0.2, -0.15) is 12.6 Å². The average molecular weight is 140 g/mol. The quantitative estimate of drug-likeness (QED) is 0.589. The molecular weight excluding hydrogens is 130 g/mol. The maximum Gasteiger partial charge on any atom is 0.180 e. The molecule has 1 aromatic rings. The average Bonchev–Trinajstić information content (AvgIpc) is 1.91. The zero-order valence-corrected chi connectivity index (χ0v) is 6.07. The maximum atomic E-state index is 4.11. The molecule has 0 fully saturated rings. The Labute approximate surface area is 60.5 Å². The number of aromatic nitrogens is 1. The summed E-state index contributed by atoms with van der Waals surface area (Å²) in [7, 11) is 0. The van der Waals surface area contributed by atoms with E-state index in [1.807, 2.05) is 18.3 Å². The largest absolute Gasteiger partial charge is 0.215 e. The molecule has 1 heterocycles. The number of rotatable bonds is 2. The Balaban J connectivity index is 2.61. The number of nitrogens with one attached hydrogen (secondary N) is 1. The second kappa shape index (κ2) is 3.51. The van der Waals surface area contributed by atoms with Crippen LogP contribution in [0.2, 0.25) is 0 Å². The Kier molecular flexibility index (Phi) is 2.58. The molecule has 0 atom stereocenters. The predicted molar refractivity (Wildman–Crippen MR) is 40.6 cm³/mol. The van der Waals surface area contributed by atoms with Crippen LogP contribution in [0, 0.1) is 0 Å². The molecule has 2 heteroatoms. The van der Waals surface area contributed by atoms with E-state index in [9.17, 15) is 0 Å². The van der Waals surface area contributed by atoms with Gasteiger partial charge in [-0.1, -0.05) is 6.07 Å². The van der Waals surface area contributed by atoms with Crippen molar-refractivity contribution in [3.63, 3.8) is 0 Å². The fourth-order valence-electron chi connectivity index (χ4n) is 0.706. The van der Waals surface area contributed by atoms with E-state index in [-0.39, 0.29) is 0 Å².